The number of hydrogen-bond donors (Lipinski definition) is 2. The van der Waals surface area contributed by atoms with E-state index in [0.29, 0.717) is 11.3 Å². The van der Waals surface area contributed by atoms with Gasteiger partial charge in [-0.2, -0.15) is 13.2 Å². The van der Waals surface area contributed by atoms with E-state index in [4.69, 9.17) is 14.6 Å². The third kappa shape index (κ3) is 6.57. The van der Waals surface area contributed by atoms with Crippen LogP contribution in [0.2, 0.25) is 0 Å². The molecule has 11 heteroatoms. The van der Waals surface area contributed by atoms with Crippen molar-refractivity contribution in [1.29, 1.82) is 0 Å². The number of carboxylic acid groups (broad SMARTS) is 1. The first-order valence-corrected chi connectivity index (χ1v) is 10.7. The van der Waals surface area contributed by atoms with E-state index in [1.54, 1.807) is 24.3 Å². The van der Waals surface area contributed by atoms with Crippen LogP contribution in [0.3, 0.4) is 0 Å². The molecule has 0 saturated carbocycles. The van der Waals surface area contributed by atoms with Crippen molar-refractivity contribution in [3.8, 4) is 17.1 Å². The van der Waals surface area contributed by atoms with Crippen molar-refractivity contribution in [1.82, 2.24) is 15.3 Å². The number of aromatic nitrogens is 2. The number of alkyl halides is 3. The lowest BCUT2D eigenvalue weighted by atomic mass is 10.1. The van der Waals surface area contributed by atoms with Gasteiger partial charge in [-0.05, 0) is 43.7 Å². The summed E-state index contributed by atoms with van der Waals surface area (Å²) in [7, 11) is 1.43. The summed E-state index contributed by atoms with van der Waals surface area (Å²) in [6.07, 6.45) is -3.15. The number of carboxylic acids is 1. The lowest BCUT2D eigenvalue weighted by Crippen LogP contribution is -2.37. The number of benzene rings is 2. The van der Waals surface area contributed by atoms with Crippen LogP contribution in [0.15, 0.2) is 54.7 Å². The molecule has 8 nitrogen and oxygen atoms in total. The maximum Gasteiger partial charge on any atom is 0.416 e. The van der Waals surface area contributed by atoms with E-state index >= 15 is 0 Å². The number of nitrogens with one attached hydrogen (secondary N) is 1. The van der Waals surface area contributed by atoms with Crippen LogP contribution >= 0.6 is 0 Å². The van der Waals surface area contributed by atoms with Gasteiger partial charge >= 0.3 is 12.1 Å². The topological polar surface area (TPSA) is 111 Å². The van der Waals surface area contributed by atoms with Crippen LogP contribution in [0, 0.1) is 0 Å². The molecule has 0 bridgehead atoms. The Morgan fingerprint density at radius 1 is 1.03 bits per heavy atom. The Labute approximate surface area is 205 Å². The number of carbonyl (C=O) groups excluding carboxylic acids is 1. The molecule has 36 heavy (non-hydrogen) atoms. The Bertz CT molecular complexity index is 1230. The van der Waals surface area contributed by atoms with Crippen LogP contribution in [-0.2, 0) is 28.9 Å². The molecule has 0 atom stereocenters. The second-order valence-electron chi connectivity index (χ2n) is 8.31. The van der Waals surface area contributed by atoms with Gasteiger partial charge in [-0.3, -0.25) is 4.79 Å². The third-order valence-corrected chi connectivity index (χ3v) is 5.13. The molecule has 1 amide bonds. The number of ether oxygens (including phenoxy) is 2. The summed E-state index contributed by atoms with van der Waals surface area (Å²) in [6.45, 7) is 3.02. The van der Waals surface area contributed by atoms with Gasteiger partial charge < -0.3 is 19.9 Å². The minimum Gasteiger partial charge on any atom is -0.478 e. The Morgan fingerprint density at radius 2 is 1.67 bits per heavy atom. The number of nitrogens with zero attached hydrogens (tertiary/aromatic N) is 2. The van der Waals surface area contributed by atoms with Gasteiger partial charge in [0.25, 0.3) is 5.91 Å². The number of methoxy groups -OCH3 is 1. The van der Waals surface area contributed by atoms with Crippen molar-refractivity contribution in [2.75, 3.05) is 7.11 Å². The summed E-state index contributed by atoms with van der Waals surface area (Å²) in [5, 5.41) is 11.9. The quantitative estimate of drug-likeness (QED) is 0.443. The second kappa shape index (κ2) is 10.7. The summed E-state index contributed by atoms with van der Waals surface area (Å²) in [6, 6.07) is 11.0. The lowest BCUT2D eigenvalue weighted by molar-refractivity contribution is -0.152. The van der Waals surface area contributed by atoms with Crippen molar-refractivity contribution in [3.63, 3.8) is 0 Å². The maximum atomic E-state index is 12.8. The normalized spacial score (nSPS) is 11.7. The minimum absolute atomic E-state index is 0.00962. The van der Waals surface area contributed by atoms with Gasteiger partial charge in [0.15, 0.2) is 11.4 Å². The van der Waals surface area contributed by atoms with Gasteiger partial charge in [0.05, 0.1) is 23.4 Å². The average molecular weight is 503 g/mol. The molecular weight excluding hydrogens is 479 g/mol. The van der Waals surface area contributed by atoms with Gasteiger partial charge in [0.1, 0.15) is 5.75 Å². The molecule has 1 heterocycles. The van der Waals surface area contributed by atoms with Crippen molar-refractivity contribution in [3.05, 3.63) is 77.1 Å². The van der Waals surface area contributed by atoms with Gasteiger partial charge in [-0.1, -0.05) is 24.3 Å². The van der Waals surface area contributed by atoms with Crippen molar-refractivity contribution in [2.45, 2.75) is 38.8 Å². The fraction of sp³-hybridized carbons (Fsp3) is 0.280. The van der Waals surface area contributed by atoms with Crippen LogP contribution in [0.1, 0.15) is 41.0 Å². The first kappa shape index (κ1) is 26.6. The van der Waals surface area contributed by atoms with E-state index < -0.39 is 29.2 Å². The van der Waals surface area contributed by atoms with Gasteiger partial charge in [-0.25, -0.2) is 14.8 Å². The minimum atomic E-state index is -4.45. The average Bonchev–Trinajstić information content (AvgIpc) is 2.83. The van der Waals surface area contributed by atoms with Crippen LogP contribution in [0.25, 0.3) is 11.4 Å². The molecule has 0 saturated heterocycles. The molecule has 2 aromatic carbocycles. The van der Waals surface area contributed by atoms with Crippen molar-refractivity contribution < 1.29 is 37.3 Å². The Hall–Kier alpha value is -3.99. The molecule has 3 rings (SSSR count). The summed E-state index contributed by atoms with van der Waals surface area (Å²) >= 11 is 0. The Balaban J connectivity index is 1.71. The second-order valence-corrected chi connectivity index (χ2v) is 8.31. The number of carbonyl (C=O) groups is 2. The molecule has 0 aliphatic carbocycles. The predicted molar refractivity (Wildman–Crippen MR) is 123 cm³/mol. The van der Waals surface area contributed by atoms with Crippen molar-refractivity contribution in [2.24, 2.45) is 0 Å². The van der Waals surface area contributed by atoms with Gasteiger partial charge in [0, 0.05) is 25.4 Å². The standard InChI is InChI=1S/C25H24F3N3O5/c1-24(2,23(33)34)36-18-10-4-15(5-11-18)12-30-22(32)19-13-29-21(31-20(19)14-35-3)16-6-8-17(9-7-16)25(26,27)28/h4-11,13H,12,14H2,1-3H3,(H,30,32)(H,33,34). The summed E-state index contributed by atoms with van der Waals surface area (Å²) < 4.78 is 49.0. The highest BCUT2D eigenvalue weighted by Crippen LogP contribution is 2.30. The molecule has 0 aliphatic heterocycles. The van der Waals surface area contributed by atoms with E-state index in [-0.39, 0.29) is 30.2 Å². The highest BCUT2D eigenvalue weighted by atomic mass is 19.4. The molecule has 0 unspecified atom stereocenters. The fourth-order valence-corrected chi connectivity index (χ4v) is 3.09. The van der Waals surface area contributed by atoms with Gasteiger partial charge in [0.2, 0.25) is 0 Å². The zero-order valence-electron chi connectivity index (χ0n) is 19.7. The van der Waals surface area contributed by atoms with E-state index in [2.05, 4.69) is 15.3 Å². The van der Waals surface area contributed by atoms with Crippen LogP contribution in [0.5, 0.6) is 5.75 Å². The predicted octanol–water partition coefficient (Wildman–Crippen LogP) is 4.48. The lowest BCUT2D eigenvalue weighted by Gasteiger charge is -2.21. The van der Waals surface area contributed by atoms with Crippen LogP contribution < -0.4 is 10.1 Å². The number of amides is 1. The van der Waals surface area contributed by atoms with E-state index in [1.165, 1.54) is 39.3 Å². The molecule has 0 radical (unpaired) electrons. The number of aliphatic carboxylic acids is 1. The summed E-state index contributed by atoms with van der Waals surface area (Å²) in [5.41, 5.74) is -0.639. The zero-order chi connectivity index (χ0) is 26.5. The van der Waals surface area contributed by atoms with E-state index in [9.17, 15) is 22.8 Å². The monoisotopic (exact) mass is 503 g/mol. The Morgan fingerprint density at radius 3 is 2.22 bits per heavy atom. The molecule has 0 fully saturated rings. The largest absolute Gasteiger partial charge is 0.478 e. The van der Waals surface area contributed by atoms with E-state index in [0.717, 1.165) is 17.7 Å². The van der Waals surface area contributed by atoms with Gasteiger partial charge in [-0.15, -0.1) is 0 Å². The molecular formula is C25H24F3N3O5. The number of rotatable bonds is 9. The molecule has 1 aromatic heterocycles. The van der Waals surface area contributed by atoms with Crippen LogP contribution in [-0.4, -0.2) is 39.7 Å². The SMILES string of the molecule is COCc1nc(-c2ccc(C(F)(F)F)cc2)ncc1C(=O)NCc1ccc(OC(C)(C)C(=O)O)cc1. The molecule has 190 valence electrons. The zero-order valence-corrected chi connectivity index (χ0v) is 19.7. The van der Waals surface area contributed by atoms with Crippen molar-refractivity contribution >= 4 is 11.9 Å². The molecule has 0 spiro atoms. The molecule has 2 N–H and O–H groups in total. The highest BCUT2D eigenvalue weighted by Gasteiger charge is 2.30. The van der Waals surface area contributed by atoms with Crippen LogP contribution in [0.4, 0.5) is 13.2 Å². The highest BCUT2D eigenvalue weighted by molar-refractivity contribution is 5.95. The molecule has 3 aromatic rings. The smallest absolute Gasteiger partial charge is 0.416 e. The summed E-state index contributed by atoms with van der Waals surface area (Å²) in [5.74, 6) is -1.04. The molecule has 0 aliphatic rings. The maximum absolute atomic E-state index is 12.8. The Kier molecular flexibility index (Phi) is 7.93. The fourth-order valence-electron chi connectivity index (χ4n) is 3.09. The number of halogens is 3. The first-order valence-electron chi connectivity index (χ1n) is 10.7. The first-order chi connectivity index (χ1) is 16.9. The third-order valence-electron chi connectivity index (χ3n) is 5.13. The summed E-state index contributed by atoms with van der Waals surface area (Å²) in [4.78, 5) is 32.4. The number of hydrogen-bond acceptors (Lipinski definition) is 6. The van der Waals surface area contributed by atoms with E-state index in [1.807, 2.05) is 0 Å².